The van der Waals surface area contributed by atoms with Crippen molar-refractivity contribution in [3.05, 3.63) is 46.4 Å². The molecule has 1 aromatic heterocycles. The normalized spacial score (nSPS) is 16.1. The second kappa shape index (κ2) is 7.66. The molecule has 5 nitrogen and oxygen atoms in total. The molecular formula is C18H22N2O3S2. The SMILES string of the molecule is Cc1ccc(S(=O)(=O)CCC(=O)N2CCC(c3nccs3)CC2)cc1. The number of rotatable bonds is 5. The third-order valence-electron chi connectivity index (χ3n) is 4.61. The highest BCUT2D eigenvalue weighted by Gasteiger charge is 2.26. The molecule has 0 N–H and O–H groups in total. The maximum Gasteiger partial charge on any atom is 0.223 e. The van der Waals surface area contributed by atoms with Crippen LogP contribution in [0.15, 0.2) is 40.7 Å². The fourth-order valence-corrected chi connectivity index (χ4v) is 5.10. The highest BCUT2D eigenvalue weighted by molar-refractivity contribution is 7.91. The van der Waals surface area contributed by atoms with E-state index < -0.39 is 9.84 Å². The molecule has 1 amide bonds. The third kappa shape index (κ3) is 4.46. The maximum absolute atomic E-state index is 12.4. The molecule has 25 heavy (non-hydrogen) atoms. The lowest BCUT2D eigenvalue weighted by Crippen LogP contribution is -2.38. The van der Waals surface area contributed by atoms with Crippen LogP contribution >= 0.6 is 11.3 Å². The van der Waals surface area contributed by atoms with E-state index in [1.807, 2.05) is 18.5 Å². The van der Waals surface area contributed by atoms with Crippen LogP contribution in [0.5, 0.6) is 0 Å². The predicted octanol–water partition coefficient (Wildman–Crippen LogP) is 3.02. The van der Waals surface area contributed by atoms with Crippen LogP contribution < -0.4 is 0 Å². The minimum Gasteiger partial charge on any atom is -0.343 e. The van der Waals surface area contributed by atoms with Crippen molar-refractivity contribution in [2.75, 3.05) is 18.8 Å². The second-order valence-electron chi connectivity index (χ2n) is 6.41. The van der Waals surface area contributed by atoms with E-state index in [4.69, 9.17) is 0 Å². The van der Waals surface area contributed by atoms with Crippen molar-refractivity contribution in [2.45, 2.75) is 37.0 Å². The van der Waals surface area contributed by atoms with Crippen LogP contribution in [0.4, 0.5) is 0 Å². The average Bonchev–Trinajstić information content (AvgIpc) is 3.15. The third-order valence-corrected chi connectivity index (χ3v) is 7.28. The zero-order valence-corrected chi connectivity index (χ0v) is 15.9. The summed E-state index contributed by atoms with van der Waals surface area (Å²) in [7, 11) is -3.41. The molecule has 2 heterocycles. The van der Waals surface area contributed by atoms with Gasteiger partial charge in [-0.25, -0.2) is 13.4 Å². The molecule has 0 spiro atoms. The lowest BCUT2D eigenvalue weighted by molar-refractivity contribution is -0.131. The van der Waals surface area contributed by atoms with Crippen molar-refractivity contribution < 1.29 is 13.2 Å². The summed E-state index contributed by atoms with van der Waals surface area (Å²) >= 11 is 1.66. The number of nitrogens with zero attached hydrogens (tertiary/aromatic N) is 2. The fourth-order valence-electron chi connectivity index (χ4n) is 3.06. The van der Waals surface area contributed by atoms with Gasteiger partial charge in [0.15, 0.2) is 9.84 Å². The topological polar surface area (TPSA) is 67.3 Å². The molecule has 0 radical (unpaired) electrons. The number of aryl methyl sites for hydroxylation is 1. The number of carbonyl (C=O) groups excluding carboxylic acids is 1. The van der Waals surface area contributed by atoms with Crippen molar-refractivity contribution >= 4 is 27.1 Å². The molecule has 0 unspecified atom stereocenters. The largest absolute Gasteiger partial charge is 0.343 e. The predicted molar refractivity (Wildman–Crippen MR) is 98.5 cm³/mol. The first-order valence-corrected chi connectivity index (χ1v) is 11.0. The maximum atomic E-state index is 12.4. The summed E-state index contributed by atoms with van der Waals surface area (Å²) in [5.41, 5.74) is 1.01. The van der Waals surface area contributed by atoms with Crippen LogP contribution in [-0.4, -0.2) is 43.1 Å². The summed E-state index contributed by atoms with van der Waals surface area (Å²) in [6.07, 6.45) is 3.64. The van der Waals surface area contributed by atoms with Gasteiger partial charge in [-0.05, 0) is 31.9 Å². The Bertz CT molecular complexity index is 807. The zero-order chi connectivity index (χ0) is 17.9. The monoisotopic (exact) mass is 378 g/mol. The van der Waals surface area contributed by atoms with E-state index >= 15 is 0 Å². The first-order chi connectivity index (χ1) is 12.0. The molecule has 1 aliphatic heterocycles. The molecule has 1 aliphatic rings. The van der Waals surface area contributed by atoms with E-state index in [1.54, 1.807) is 40.5 Å². The molecule has 1 fully saturated rings. The van der Waals surface area contributed by atoms with E-state index in [1.165, 1.54) is 0 Å². The van der Waals surface area contributed by atoms with Gasteiger partial charge < -0.3 is 4.90 Å². The number of sulfone groups is 1. The molecule has 7 heteroatoms. The number of amides is 1. The summed E-state index contributed by atoms with van der Waals surface area (Å²) in [5.74, 6) is 0.204. The smallest absolute Gasteiger partial charge is 0.223 e. The zero-order valence-electron chi connectivity index (χ0n) is 14.2. The van der Waals surface area contributed by atoms with Gasteiger partial charge in [0.05, 0.1) is 15.7 Å². The van der Waals surface area contributed by atoms with Crippen molar-refractivity contribution in [3.8, 4) is 0 Å². The molecule has 0 saturated carbocycles. The van der Waals surface area contributed by atoms with Crippen molar-refractivity contribution in [3.63, 3.8) is 0 Å². The van der Waals surface area contributed by atoms with Gasteiger partial charge in [0, 0.05) is 37.0 Å². The van der Waals surface area contributed by atoms with Crippen molar-refractivity contribution in [2.24, 2.45) is 0 Å². The van der Waals surface area contributed by atoms with E-state index in [0.717, 1.165) is 23.4 Å². The second-order valence-corrected chi connectivity index (χ2v) is 9.44. The van der Waals surface area contributed by atoms with Crippen LogP contribution in [0.1, 0.15) is 35.8 Å². The Morgan fingerprint density at radius 2 is 1.92 bits per heavy atom. The quantitative estimate of drug-likeness (QED) is 0.802. The Morgan fingerprint density at radius 1 is 1.24 bits per heavy atom. The minimum absolute atomic E-state index is 0.0398. The Hall–Kier alpha value is -1.73. The standard InChI is InChI=1S/C18H22N2O3S2/c1-14-2-4-16(5-3-14)25(22,23)13-8-17(21)20-10-6-15(7-11-20)18-19-9-12-24-18/h2-5,9,12,15H,6-8,10-11,13H2,1H3. The van der Waals surface area contributed by atoms with E-state index in [2.05, 4.69) is 4.98 Å². The number of piperidine rings is 1. The van der Waals surface area contributed by atoms with Crippen LogP contribution in [0.2, 0.25) is 0 Å². The first-order valence-electron chi connectivity index (χ1n) is 8.42. The Kier molecular flexibility index (Phi) is 5.54. The molecule has 0 atom stereocenters. The van der Waals surface area contributed by atoms with Gasteiger partial charge in [0.1, 0.15) is 0 Å². The summed E-state index contributed by atoms with van der Waals surface area (Å²) in [6.45, 7) is 3.26. The lowest BCUT2D eigenvalue weighted by atomic mass is 9.97. The van der Waals surface area contributed by atoms with Crippen molar-refractivity contribution in [1.82, 2.24) is 9.88 Å². The number of thiazole rings is 1. The van der Waals surface area contributed by atoms with Crippen LogP contribution in [0.25, 0.3) is 0 Å². The number of hydrogen-bond acceptors (Lipinski definition) is 5. The van der Waals surface area contributed by atoms with Crippen LogP contribution in [0, 0.1) is 6.92 Å². The molecule has 3 rings (SSSR count). The summed E-state index contributed by atoms with van der Waals surface area (Å²) in [4.78, 5) is 18.8. The van der Waals surface area contributed by atoms with Crippen LogP contribution in [0.3, 0.4) is 0 Å². The van der Waals surface area contributed by atoms with Gasteiger partial charge in [-0.3, -0.25) is 4.79 Å². The Labute approximate surface area is 152 Å². The van der Waals surface area contributed by atoms with E-state index in [9.17, 15) is 13.2 Å². The molecule has 0 aliphatic carbocycles. The summed E-state index contributed by atoms with van der Waals surface area (Å²) in [6, 6.07) is 6.76. The summed E-state index contributed by atoms with van der Waals surface area (Å²) < 4.78 is 24.7. The molecule has 134 valence electrons. The molecule has 1 saturated heterocycles. The van der Waals surface area contributed by atoms with E-state index in [-0.39, 0.29) is 23.0 Å². The number of benzene rings is 1. The average molecular weight is 379 g/mol. The Morgan fingerprint density at radius 3 is 2.52 bits per heavy atom. The van der Waals surface area contributed by atoms with Crippen LogP contribution in [-0.2, 0) is 14.6 Å². The molecule has 0 bridgehead atoms. The van der Waals surface area contributed by atoms with Gasteiger partial charge >= 0.3 is 0 Å². The van der Waals surface area contributed by atoms with Gasteiger partial charge in [0.2, 0.25) is 5.91 Å². The highest BCUT2D eigenvalue weighted by atomic mass is 32.2. The number of likely N-dealkylation sites (tertiary alicyclic amines) is 1. The molecule has 1 aromatic carbocycles. The molecule has 2 aromatic rings. The van der Waals surface area contributed by atoms with Gasteiger partial charge in [-0.15, -0.1) is 11.3 Å². The van der Waals surface area contributed by atoms with Gasteiger partial charge in [-0.2, -0.15) is 0 Å². The highest BCUT2D eigenvalue weighted by Crippen LogP contribution is 2.29. The number of aromatic nitrogens is 1. The van der Waals surface area contributed by atoms with E-state index in [0.29, 0.717) is 19.0 Å². The number of hydrogen-bond donors (Lipinski definition) is 0. The minimum atomic E-state index is -3.41. The fraction of sp³-hybridized carbons (Fsp3) is 0.444. The van der Waals surface area contributed by atoms with Crippen molar-refractivity contribution in [1.29, 1.82) is 0 Å². The molecular weight excluding hydrogens is 356 g/mol. The van der Waals surface area contributed by atoms with Gasteiger partial charge in [-0.1, -0.05) is 17.7 Å². The first kappa shape index (κ1) is 18.1. The summed E-state index contributed by atoms with van der Waals surface area (Å²) in [5, 5.41) is 3.11. The van der Waals surface area contributed by atoms with Gasteiger partial charge in [0.25, 0.3) is 0 Å². The number of carbonyl (C=O) groups is 1. The Balaban J connectivity index is 1.52. The lowest BCUT2D eigenvalue weighted by Gasteiger charge is -2.31.